The highest BCUT2D eigenvalue weighted by atomic mass is 32.2. The Morgan fingerprint density at radius 1 is 1.17 bits per heavy atom. The van der Waals surface area contributed by atoms with Crippen molar-refractivity contribution in [1.82, 2.24) is 15.5 Å². The van der Waals surface area contributed by atoms with Gasteiger partial charge < -0.3 is 14.7 Å². The van der Waals surface area contributed by atoms with E-state index in [1.54, 1.807) is 12.3 Å². The quantitative estimate of drug-likeness (QED) is 0.420. The summed E-state index contributed by atoms with van der Waals surface area (Å²) in [6, 6.07) is 13.8. The van der Waals surface area contributed by atoms with E-state index in [9.17, 15) is 4.79 Å². The van der Waals surface area contributed by atoms with Gasteiger partial charge in [-0.15, -0.1) is 11.8 Å². The minimum atomic E-state index is -0.0956. The number of benzene rings is 1. The van der Waals surface area contributed by atoms with Crippen molar-refractivity contribution in [3.8, 4) is 0 Å². The molecule has 0 fully saturated rings. The van der Waals surface area contributed by atoms with Gasteiger partial charge in [-0.25, -0.2) is 4.98 Å². The van der Waals surface area contributed by atoms with E-state index in [-0.39, 0.29) is 5.91 Å². The van der Waals surface area contributed by atoms with E-state index >= 15 is 0 Å². The molecule has 0 aliphatic carbocycles. The first-order valence-electron chi connectivity index (χ1n) is 9.60. The Morgan fingerprint density at radius 2 is 1.97 bits per heavy atom. The molecule has 0 bridgehead atoms. The first-order chi connectivity index (χ1) is 14.1. The number of para-hydroxylation sites is 1. The molecule has 1 N–H and O–H groups in total. The average molecular weight is 411 g/mol. The van der Waals surface area contributed by atoms with E-state index in [1.807, 2.05) is 38.1 Å². The third-order valence-corrected chi connectivity index (χ3v) is 5.73. The molecule has 152 valence electrons. The Kier molecular flexibility index (Phi) is 7.30. The summed E-state index contributed by atoms with van der Waals surface area (Å²) < 4.78 is 5.21. The zero-order chi connectivity index (χ0) is 20.6. The van der Waals surface area contributed by atoms with Crippen molar-refractivity contribution in [1.29, 1.82) is 0 Å². The molecule has 2 heterocycles. The van der Waals surface area contributed by atoms with Crippen LogP contribution < -0.4 is 10.2 Å². The monoisotopic (exact) mass is 410 g/mol. The SMILES string of the molecule is Cc1noc(C)c1CSc1ncccc1C(=O)NCCCN(C)c1ccccc1. The number of rotatable bonds is 9. The van der Waals surface area contributed by atoms with E-state index in [2.05, 4.69) is 39.5 Å². The van der Waals surface area contributed by atoms with Crippen LogP contribution in [0.15, 0.2) is 58.2 Å². The second-order valence-electron chi connectivity index (χ2n) is 6.81. The molecule has 1 aromatic carbocycles. The number of nitrogens with one attached hydrogen (secondary N) is 1. The predicted octanol–water partition coefficient (Wildman–Crippen LogP) is 4.24. The molecule has 3 rings (SSSR count). The normalized spacial score (nSPS) is 10.7. The maximum atomic E-state index is 12.7. The minimum absolute atomic E-state index is 0.0956. The highest BCUT2D eigenvalue weighted by Crippen LogP contribution is 2.27. The molecule has 0 saturated heterocycles. The number of nitrogens with zero attached hydrogens (tertiary/aromatic N) is 3. The molecular formula is C22H26N4O2S. The summed E-state index contributed by atoms with van der Waals surface area (Å²) in [6.07, 6.45) is 2.57. The van der Waals surface area contributed by atoms with Crippen LogP contribution in [0, 0.1) is 13.8 Å². The number of anilines is 1. The third-order valence-electron chi connectivity index (χ3n) is 4.70. The summed E-state index contributed by atoms with van der Waals surface area (Å²) in [4.78, 5) is 19.2. The van der Waals surface area contributed by atoms with Crippen LogP contribution in [0.2, 0.25) is 0 Å². The van der Waals surface area contributed by atoms with Gasteiger partial charge in [-0.2, -0.15) is 0 Å². The molecule has 0 spiro atoms. The van der Waals surface area contributed by atoms with Gasteiger partial charge in [-0.05, 0) is 44.5 Å². The van der Waals surface area contributed by atoms with Gasteiger partial charge in [0.25, 0.3) is 5.91 Å². The van der Waals surface area contributed by atoms with E-state index in [4.69, 9.17) is 4.52 Å². The summed E-state index contributed by atoms with van der Waals surface area (Å²) >= 11 is 1.52. The van der Waals surface area contributed by atoms with E-state index in [0.29, 0.717) is 22.9 Å². The Morgan fingerprint density at radius 3 is 2.69 bits per heavy atom. The van der Waals surface area contributed by atoms with Crippen LogP contribution in [0.3, 0.4) is 0 Å². The van der Waals surface area contributed by atoms with Gasteiger partial charge in [0.2, 0.25) is 0 Å². The maximum Gasteiger partial charge on any atom is 0.254 e. The zero-order valence-corrected chi connectivity index (χ0v) is 17.8. The predicted molar refractivity (Wildman–Crippen MR) is 116 cm³/mol. The molecule has 7 heteroatoms. The first-order valence-corrected chi connectivity index (χ1v) is 10.6. The van der Waals surface area contributed by atoms with Crippen molar-refractivity contribution in [3.05, 3.63) is 71.2 Å². The molecule has 29 heavy (non-hydrogen) atoms. The lowest BCUT2D eigenvalue weighted by atomic mass is 10.2. The van der Waals surface area contributed by atoms with Gasteiger partial charge >= 0.3 is 0 Å². The summed E-state index contributed by atoms with van der Waals surface area (Å²) in [6.45, 7) is 5.29. The highest BCUT2D eigenvalue weighted by molar-refractivity contribution is 7.98. The molecule has 6 nitrogen and oxygen atoms in total. The second kappa shape index (κ2) is 10.1. The molecule has 3 aromatic rings. The lowest BCUT2D eigenvalue weighted by Gasteiger charge is -2.19. The summed E-state index contributed by atoms with van der Waals surface area (Å²) in [5, 5.41) is 7.71. The molecule has 0 saturated carbocycles. The topological polar surface area (TPSA) is 71.3 Å². The fraction of sp³-hybridized carbons (Fsp3) is 0.318. The number of amides is 1. The average Bonchev–Trinajstić information content (AvgIpc) is 3.07. The van der Waals surface area contributed by atoms with Crippen molar-refractivity contribution in [2.75, 3.05) is 25.0 Å². The van der Waals surface area contributed by atoms with Gasteiger partial charge in [-0.3, -0.25) is 4.79 Å². The van der Waals surface area contributed by atoms with Crippen molar-refractivity contribution in [3.63, 3.8) is 0 Å². The molecule has 0 aliphatic rings. The lowest BCUT2D eigenvalue weighted by Crippen LogP contribution is -2.28. The van der Waals surface area contributed by atoms with Crippen molar-refractivity contribution < 1.29 is 9.32 Å². The first kappa shape index (κ1) is 20.9. The number of carbonyl (C=O) groups excluding carboxylic acids is 1. The Balaban J connectivity index is 1.52. The van der Waals surface area contributed by atoms with Gasteiger partial charge in [0.05, 0.1) is 11.3 Å². The second-order valence-corrected chi connectivity index (χ2v) is 7.78. The van der Waals surface area contributed by atoms with Crippen LogP contribution in [0.1, 0.15) is 33.8 Å². The highest BCUT2D eigenvalue weighted by Gasteiger charge is 2.15. The molecule has 1 amide bonds. The summed E-state index contributed by atoms with van der Waals surface area (Å²) in [5.74, 6) is 1.38. The molecule has 0 aliphatic heterocycles. The lowest BCUT2D eigenvalue weighted by molar-refractivity contribution is 0.0949. The maximum absolute atomic E-state index is 12.7. The zero-order valence-electron chi connectivity index (χ0n) is 17.0. The van der Waals surface area contributed by atoms with Gasteiger partial charge in [0.15, 0.2) is 0 Å². The molecular weight excluding hydrogens is 384 g/mol. The van der Waals surface area contributed by atoms with Gasteiger partial charge in [0, 0.05) is 43.3 Å². The number of thioether (sulfide) groups is 1. The molecule has 0 atom stereocenters. The smallest absolute Gasteiger partial charge is 0.254 e. The van der Waals surface area contributed by atoms with Crippen LogP contribution >= 0.6 is 11.8 Å². The van der Waals surface area contributed by atoms with Crippen LogP contribution in [-0.4, -0.2) is 36.2 Å². The van der Waals surface area contributed by atoms with E-state index < -0.39 is 0 Å². The molecule has 2 aromatic heterocycles. The largest absolute Gasteiger partial charge is 0.375 e. The number of pyridine rings is 1. The summed E-state index contributed by atoms with van der Waals surface area (Å²) in [7, 11) is 2.06. The Bertz CT molecular complexity index is 923. The van der Waals surface area contributed by atoms with Crippen LogP contribution in [-0.2, 0) is 5.75 Å². The Hall–Kier alpha value is -2.80. The van der Waals surface area contributed by atoms with Crippen LogP contribution in [0.5, 0.6) is 0 Å². The van der Waals surface area contributed by atoms with Gasteiger partial charge in [0.1, 0.15) is 10.8 Å². The number of hydrogen-bond acceptors (Lipinski definition) is 6. The number of aryl methyl sites for hydroxylation is 2. The number of aromatic nitrogens is 2. The summed E-state index contributed by atoms with van der Waals surface area (Å²) in [5.41, 5.74) is 3.69. The van der Waals surface area contributed by atoms with Crippen molar-refractivity contribution in [2.24, 2.45) is 0 Å². The van der Waals surface area contributed by atoms with Crippen molar-refractivity contribution >= 4 is 23.4 Å². The fourth-order valence-corrected chi connectivity index (χ4v) is 4.10. The van der Waals surface area contributed by atoms with E-state index in [0.717, 1.165) is 30.0 Å². The third kappa shape index (κ3) is 5.60. The molecule has 0 radical (unpaired) electrons. The van der Waals surface area contributed by atoms with Gasteiger partial charge in [-0.1, -0.05) is 23.4 Å². The fourth-order valence-electron chi connectivity index (χ4n) is 2.95. The van der Waals surface area contributed by atoms with Crippen LogP contribution in [0.4, 0.5) is 5.69 Å². The number of hydrogen-bond donors (Lipinski definition) is 1. The van der Waals surface area contributed by atoms with E-state index in [1.165, 1.54) is 17.4 Å². The standard InChI is InChI=1S/C22H26N4O2S/c1-16-20(17(2)28-25-16)15-29-22-19(11-7-12-24-22)21(27)23-13-8-14-26(3)18-9-5-4-6-10-18/h4-7,9-12H,8,13-15H2,1-3H3,(H,23,27). The Labute approximate surface area is 175 Å². The van der Waals surface area contributed by atoms with Crippen LogP contribution in [0.25, 0.3) is 0 Å². The van der Waals surface area contributed by atoms with Crippen molar-refractivity contribution in [2.45, 2.75) is 31.0 Å². The molecule has 0 unspecified atom stereocenters. The minimum Gasteiger partial charge on any atom is -0.375 e. The number of carbonyl (C=O) groups is 1.